The van der Waals surface area contributed by atoms with Crippen LogP contribution < -0.4 is 5.32 Å². The van der Waals surface area contributed by atoms with E-state index in [1.54, 1.807) is 16.2 Å². The zero-order chi connectivity index (χ0) is 21.9. The summed E-state index contributed by atoms with van der Waals surface area (Å²) in [6.45, 7) is 5.03. The number of benzene rings is 1. The van der Waals surface area contributed by atoms with E-state index in [1.165, 1.54) is 9.18 Å². The summed E-state index contributed by atoms with van der Waals surface area (Å²) in [5.41, 5.74) is 0. The van der Waals surface area contributed by atoms with E-state index in [1.807, 2.05) is 17.5 Å². The van der Waals surface area contributed by atoms with Gasteiger partial charge in [-0.05, 0) is 35.6 Å². The largest absolute Gasteiger partial charge is 0.339 e. The molecule has 1 aliphatic rings. The van der Waals surface area contributed by atoms with Gasteiger partial charge >= 0.3 is 0 Å². The Labute approximate surface area is 179 Å². The highest BCUT2D eigenvalue weighted by molar-refractivity contribution is 7.89. The quantitative estimate of drug-likeness (QED) is 0.694. The average molecular weight is 458 g/mol. The Balaban J connectivity index is 1.57. The van der Waals surface area contributed by atoms with Crippen molar-refractivity contribution in [1.29, 1.82) is 0 Å². The predicted octanol–water partition coefficient (Wildman–Crippen LogP) is 2.85. The number of carbonyl (C=O) groups is 1. The molecular formula is C20H25F2N3O3S2. The lowest BCUT2D eigenvalue weighted by Gasteiger charge is -2.34. The molecule has 1 amide bonds. The Morgan fingerprint density at radius 2 is 1.83 bits per heavy atom. The van der Waals surface area contributed by atoms with Crippen LogP contribution in [0.5, 0.6) is 0 Å². The Morgan fingerprint density at radius 3 is 2.40 bits per heavy atom. The molecule has 0 spiro atoms. The number of piperazine rings is 1. The molecule has 2 aromatic rings. The van der Waals surface area contributed by atoms with Gasteiger partial charge in [-0.1, -0.05) is 19.9 Å². The molecule has 2 heterocycles. The lowest BCUT2D eigenvalue weighted by Crippen LogP contribution is -2.52. The molecule has 1 atom stereocenters. The number of hydrogen-bond acceptors (Lipinski definition) is 5. The molecule has 0 aliphatic carbocycles. The Hall–Kier alpha value is -1.88. The molecule has 1 aliphatic heterocycles. The number of carbonyl (C=O) groups excluding carboxylic acids is 1. The second-order valence-corrected chi connectivity index (χ2v) is 10.4. The molecule has 3 rings (SSSR count). The van der Waals surface area contributed by atoms with Crippen molar-refractivity contribution in [2.75, 3.05) is 32.7 Å². The van der Waals surface area contributed by atoms with Crippen molar-refractivity contribution in [1.82, 2.24) is 14.5 Å². The maximum absolute atomic E-state index is 13.4. The van der Waals surface area contributed by atoms with Gasteiger partial charge < -0.3 is 10.2 Å². The van der Waals surface area contributed by atoms with E-state index >= 15 is 0 Å². The lowest BCUT2D eigenvalue weighted by atomic mass is 10.0. The fourth-order valence-electron chi connectivity index (χ4n) is 3.41. The van der Waals surface area contributed by atoms with Crippen molar-refractivity contribution in [2.24, 2.45) is 5.92 Å². The van der Waals surface area contributed by atoms with Crippen molar-refractivity contribution < 1.29 is 22.0 Å². The second-order valence-electron chi connectivity index (χ2n) is 7.48. The topological polar surface area (TPSA) is 69.7 Å². The van der Waals surface area contributed by atoms with Crippen molar-refractivity contribution >= 4 is 27.3 Å². The van der Waals surface area contributed by atoms with Gasteiger partial charge in [0.1, 0.15) is 0 Å². The molecular weight excluding hydrogens is 432 g/mol. The van der Waals surface area contributed by atoms with Crippen LogP contribution in [-0.2, 0) is 14.8 Å². The van der Waals surface area contributed by atoms with Crippen LogP contribution in [0, 0.1) is 17.6 Å². The fourth-order valence-corrected chi connectivity index (χ4v) is 5.81. The van der Waals surface area contributed by atoms with E-state index in [2.05, 4.69) is 19.2 Å². The number of nitrogens with zero attached hydrogens (tertiary/aromatic N) is 2. The number of hydrogen-bond donors (Lipinski definition) is 1. The van der Waals surface area contributed by atoms with E-state index in [9.17, 15) is 22.0 Å². The SMILES string of the molecule is CC(C)C(NCC(=O)N1CCN(S(=O)(=O)c2ccc(F)c(F)c2)CC1)c1cccs1. The fraction of sp³-hybridized carbons (Fsp3) is 0.450. The minimum atomic E-state index is -3.94. The van der Waals surface area contributed by atoms with Crippen molar-refractivity contribution in [3.05, 3.63) is 52.2 Å². The van der Waals surface area contributed by atoms with E-state index in [-0.39, 0.29) is 49.6 Å². The summed E-state index contributed by atoms with van der Waals surface area (Å²) in [6, 6.07) is 6.62. The molecule has 0 radical (unpaired) electrons. The summed E-state index contributed by atoms with van der Waals surface area (Å²) in [7, 11) is -3.94. The van der Waals surface area contributed by atoms with Gasteiger partial charge in [0.15, 0.2) is 11.6 Å². The first-order valence-electron chi connectivity index (χ1n) is 9.70. The maximum Gasteiger partial charge on any atom is 0.243 e. The summed E-state index contributed by atoms with van der Waals surface area (Å²) < 4.78 is 53.1. The molecule has 0 bridgehead atoms. The lowest BCUT2D eigenvalue weighted by molar-refractivity contribution is -0.131. The maximum atomic E-state index is 13.4. The van der Waals surface area contributed by atoms with Crippen LogP contribution in [0.25, 0.3) is 0 Å². The van der Waals surface area contributed by atoms with Crippen LogP contribution >= 0.6 is 11.3 Å². The number of nitrogens with one attached hydrogen (secondary N) is 1. The molecule has 1 aromatic carbocycles. The van der Waals surface area contributed by atoms with E-state index in [0.717, 1.165) is 12.1 Å². The third-order valence-electron chi connectivity index (χ3n) is 5.11. The Kier molecular flexibility index (Phi) is 7.22. The molecule has 10 heteroatoms. The van der Waals surface area contributed by atoms with Gasteiger partial charge in [-0.2, -0.15) is 4.31 Å². The Morgan fingerprint density at radius 1 is 1.13 bits per heavy atom. The van der Waals surface area contributed by atoms with Crippen molar-refractivity contribution in [3.8, 4) is 0 Å². The summed E-state index contributed by atoms with van der Waals surface area (Å²) in [5, 5.41) is 5.31. The number of amides is 1. The van der Waals surface area contributed by atoms with Crippen molar-refractivity contribution in [2.45, 2.75) is 24.8 Å². The molecule has 164 valence electrons. The van der Waals surface area contributed by atoms with Crippen LogP contribution in [0.2, 0.25) is 0 Å². The average Bonchev–Trinajstić information content (AvgIpc) is 3.24. The van der Waals surface area contributed by atoms with Crippen LogP contribution in [0.1, 0.15) is 24.8 Å². The zero-order valence-electron chi connectivity index (χ0n) is 16.8. The first kappa shape index (κ1) is 22.8. The van der Waals surface area contributed by atoms with Crippen molar-refractivity contribution in [3.63, 3.8) is 0 Å². The number of sulfonamides is 1. The smallest absolute Gasteiger partial charge is 0.243 e. The molecule has 1 N–H and O–H groups in total. The number of halogens is 2. The van der Waals surface area contributed by atoms with Crippen LogP contribution in [0.4, 0.5) is 8.78 Å². The molecule has 30 heavy (non-hydrogen) atoms. The highest BCUT2D eigenvalue weighted by atomic mass is 32.2. The monoisotopic (exact) mass is 457 g/mol. The van der Waals surface area contributed by atoms with Crippen LogP contribution in [-0.4, -0.2) is 56.3 Å². The van der Waals surface area contributed by atoms with E-state index < -0.39 is 21.7 Å². The number of thiophene rings is 1. The second kappa shape index (κ2) is 9.51. The minimum Gasteiger partial charge on any atom is -0.339 e. The van der Waals surface area contributed by atoms with Gasteiger partial charge in [0.05, 0.1) is 11.4 Å². The standard InChI is InChI=1S/C20H25F2N3O3S2/c1-14(2)20(18-4-3-11-29-18)23-13-19(26)24-7-9-25(10-8-24)30(27,28)15-5-6-16(21)17(22)12-15/h3-6,11-12,14,20,23H,7-10,13H2,1-2H3. The third-order valence-corrected chi connectivity index (χ3v) is 7.96. The summed E-state index contributed by atoms with van der Waals surface area (Å²) >= 11 is 1.64. The number of rotatable bonds is 7. The van der Waals surface area contributed by atoms with Gasteiger partial charge in [-0.25, -0.2) is 17.2 Å². The third kappa shape index (κ3) is 5.05. The predicted molar refractivity (Wildman–Crippen MR) is 112 cm³/mol. The molecule has 6 nitrogen and oxygen atoms in total. The molecule has 1 saturated heterocycles. The van der Waals surface area contributed by atoms with Gasteiger partial charge in [-0.3, -0.25) is 4.79 Å². The summed E-state index contributed by atoms with van der Waals surface area (Å²) in [4.78, 5) is 15.1. The van der Waals surface area contributed by atoms with Crippen LogP contribution in [0.15, 0.2) is 40.6 Å². The first-order valence-corrected chi connectivity index (χ1v) is 12.0. The van der Waals surface area contributed by atoms with Crippen LogP contribution in [0.3, 0.4) is 0 Å². The molecule has 1 fully saturated rings. The van der Waals surface area contributed by atoms with Gasteiger partial charge in [-0.15, -0.1) is 11.3 Å². The normalized spacial score (nSPS) is 16.8. The minimum absolute atomic E-state index is 0.0731. The summed E-state index contributed by atoms with van der Waals surface area (Å²) in [5.74, 6) is -2.09. The van der Waals surface area contributed by atoms with E-state index in [0.29, 0.717) is 12.0 Å². The van der Waals surface area contributed by atoms with Gasteiger partial charge in [0.2, 0.25) is 15.9 Å². The highest BCUT2D eigenvalue weighted by Crippen LogP contribution is 2.25. The molecule has 1 unspecified atom stereocenters. The Bertz CT molecular complexity index is 973. The van der Waals surface area contributed by atoms with E-state index in [4.69, 9.17) is 0 Å². The summed E-state index contributed by atoms with van der Waals surface area (Å²) in [6.07, 6.45) is 0. The van der Waals surface area contributed by atoms with Gasteiger partial charge in [0, 0.05) is 37.1 Å². The highest BCUT2D eigenvalue weighted by Gasteiger charge is 2.31. The van der Waals surface area contributed by atoms with Gasteiger partial charge in [0.25, 0.3) is 0 Å². The molecule has 0 saturated carbocycles. The molecule has 1 aromatic heterocycles. The first-order chi connectivity index (χ1) is 14.2. The zero-order valence-corrected chi connectivity index (χ0v) is 18.5.